The Bertz CT molecular complexity index is 506. The molecule has 0 amide bonds. The van der Waals surface area contributed by atoms with Gasteiger partial charge in [0.05, 0.1) is 12.0 Å². The highest BCUT2D eigenvalue weighted by atomic mass is 19.1. The molecule has 0 spiro atoms. The summed E-state index contributed by atoms with van der Waals surface area (Å²) in [6.07, 6.45) is 0.866. The van der Waals surface area contributed by atoms with Gasteiger partial charge in [-0.25, -0.2) is 4.39 Å². The van der Waals surface area contributed by atoms with Gasteiger partial charge >= 0.3 is 5.97 Å². The van der Waals surface area contributed by atoms with E-state index in [1.165, 1.54) is 12.1 Å². The molecule has 0 saturated carbocycles. The van der Waals surface area contributed by atoms with Crippen molar-refractivity contribution in [1.82, 2.24) is 0 Å². The van der Waals surface area contributed by atoms with E-state index in [2.05, 4.69) is 0 Å². The van der Waals surface area contributed by atoms with Crippen molar-refractivity contribution >= 4 is 5.97 Å². The number of hydrogen-bond donors (Lipinski definition) is 1. The van der Waals surface area contributed by atoms with Gasteiger partial charge in [-0.2, -0.15) is 0 Å². The first kappa shape index (κ1) is 14.8. The molecule has 1 aromatic rings. The molecule has 5 heteroatoms. The highest BCUT2D eigenvalue weighted by Gasteiger charge is 2.38. The van der Waals surface area contributed by atoms with Gasteiger partial charge in [0.2, 0.25) is 0 Å². The molecule has 2 unspecified atom stereocenters. The van der Waals surface area contributed by atoms with Crippen LogP contribution in [0.1, 0.15) is 25.8 Å². The van der Waals surface area contributed by atoms with Gasteiger partial charge in [0.15, 0.2) is 0 Å². The van der Waals surface area contributed by atoms with Crippen LogP contribution in [0.15, 0.2) is 18.2 Å². The summed E-state index contributed by atoms with van der Waals surface area (Å²) in [7, 11) is 0. The first-order chi connectivity index (χ1) is 9.48. The Balaban J connectivity index is 2.06. The SMILES string of the molecule is CCOC(=O)C(C)(CN)CC1Cc2cc(F)ccc2O1. The van der Waals surface area contributed by atoms with Crippen LogP contribution >= 0.6 is 0 Å². The third-order valence-electron chi connectivity index (χ3n) is 3.66. The number of carbonyl (C=O) groups is 1. The van der Waals surface area contributed by atoms with E-state index in [-0.39, 0.29) is 24.4 Å². The molecule has 1 aliphatic rings. The van der Waals surface area contributed by atoms with E-state index in [4.69, 9.17) is 15.2 Å². The van der Waals surface area contributed by atoms with Crippen molar-refractivity contribution < 1.29 is 18.7 Å². The molecule has 110 valence electrons. The molecule has 1 aliphatic heterocycles. The van der Waals surface area contributed by atoms with E-state index in [0.717, 1.165) is 5.56 Å². The molecule has 2 rings (SSSR count). The number of rotatable bonds is 5. The molecule has 0 aliphatic carbocycles. The van der Waals surface area contributed by atoms with Crippen LogP contribution in [-0.2, 0) is 16.0 Å². The van der Waals surface area contributed by atoms with Gasteiger partial charge in [-0.15, -0.1) is 0 Å². The van der Waals surface area contributed by atoms with Crippen molar-refractivity contribution in [2.45, 2.75) is 32.8 Å². The van der Waals surface area contributed by atoms with Crippen LogP contribution in [0.4, 0.5) is 4.39 Å². The standard InChI is InChI=1S/C15H20FNO3/c1-3-19-14(18)15(2,9-17)8-12-7-10-6-11(16)4-5-13(10)20-12/h4-6,12H,3,7-9,17H2,1-2H3. The maximum Gasteiger partial charge on any atom is 0.313 e. The predicted molar refractivity (Wildman–Crippen MR) is 72.9 cm³/mol. The van der Waals surface area contributed by atoms with Gasteiger partial charge in [0.1, 0.15) is 17.7 Å². The Morgan fingerprint density at radius 1 is 1.60 bits per heavy atom. The molecule has 0 bridgehead atoms. The van der Waals surface area contributed by atoms with Gasteiger partial charge < -0.3 is 15.2 Å². The zero-order chi connectivity index (χ0) is 14.8. The van der Waals surface area contributed by atoms with Crippen LogP contribution in [0.2, 0.25) is 0 Å². The minimum absolute atomic E-state index is 0.176. The van der Waals surface area contributed by atoms with E-state index in [1.54, 1.807) is 19.9 Å². The average molecular weight is 281 g/mol. The summed E-state index contributed by atoms with van der Waals surface area (Å²) in [4.78, 5) is 12.0. The number of fused-ring (bicyclic) bond motifs is 1. The van der Waals surface area contributed by atoms with Gasteiger partial charge in [0.25, 0.3) is 0 Å². The van der Waals surface area contributed by atoms with Gasteiger partial charge in [0, 0.05) is 24.9 Å². The highest BCUT2D eigenvalue weighted by molar-refractivity contribution is 5.76. The fourth-order valence-corrected chi connectivity index (χ4v) is 2.46. The number of carbonyl (C=O) groups excluding carboxylic acids is 1. The van der Waals surface area contributed by atoms with Crippen LogP contribution in [0, 0.1) is 11.2 Å². The van der Waals surface area contributed by atoms with Crippen molar-refractivity contribution in [2.24, 2.45) is 11.1 Å². The van der Waals surface area contributed by atoms with Crippen LogP contribution in [0.25, 0.3) is 0 Å². The first-order valence-electron chi connectivity index (χ1n) is 6.81. The van der Waals surface area contributed by atoms with Gasteiger partial charge in [-0.1, -0.05) is 0 Å². The Morgan fingerprint density at radius 3 is 3.00 bits per heavy atom. The van der Waals surface area contributed by atoms with Crippen LogP contribution in [0.3, 0.4) is 0 Å². The molecule has 0 fully saturated rings. The number of hydrogen-bond acceptors (Lipinski definition) is 4. The monoisotopic (exact) mass is 281 g/mol. The van der Waals surface area contributed by atoms with Crippen molar-refractivity contribution in [3.63, 3.8) is 0 Å². The number of halogens is 1. The predicted octanol–water partition coefficient (Wildman–Crippen LogP) is 2.05. The third kappa shape index (κ3) is 2.93. The van der Waals surface area contributed by atoms with Crippen molar-refractivity contribution in [3.05, 3.63) is 29.6 Å². The Hall–Kier alpha value is -1.62. The maximum atomic E-state index is 13.2. The summed E-state index contributed by atoms with van der Waals surface area (Å²) in [5.74, 6) is 0.0906. The lowest BCUT2D eigenvalue weighted by Gasteiger charge is -2.28. The second kappa shape index (κ2) is 5.79. The molecular weight excluding hydrogens is 261 g/mol. The summed E-state index contributed by atoms with van der Waals surface area (Å²) in [6.45, 7) is 4.05. The van der Waals surface area contributed by atoms with Crippen LogP contribution < -0.4 is 10.5 Å². The van der Waals surface area contributed by atoms with E-state index in [0.29, 0.717) is 25.2 Å². The number of benzene rings is 1. The lowest BCUT2D eigenvalue weighted by atomic mass is 9.83. The van der Waals surface area contributed by atoms with E-state index < -0.39 is 5.41 Å². The molecule has 2 atom stereocenters. The second-order valence-corrected chi connectivity index (χ2v) is 5.39. The Kier molecular flexibility index (Phi) is 4.28. The quantitative estimate of drug-likeness (QED) is 0.839. The second-order valence-electron chi connectivity index (χ2n) is 5.39. The van der Waals surface area contributed by atoms with E-state index >= 15 is 0 Å². The topological polar surface area (TPSA) is 61.5 Å². The lowest BCUT2D eigenvalue weighted by Crippen LogP contribution is -2.41. The summed E-state index contributed by atoms with van der Waals surface area (Å²) in [5, 5.41) is 0. The minimum Gasteiger partial charge on any atom is -0.490 e. The van der Waals surface area contributed by atoms with Gasteiger partial charge in [-0.3, -0.25) is 4.79 Å². The van der Waals surface area contributed by atoms with Crippen LogP contribution in [-0.4, -0.2) is 25.2 Å². The smallest absolute Gasteiger partial charge is 0.313 e. The lowest BCUT2D eigenvalue weighted by molar-refractivity contribution is -0.155. The van der Waals surface area contributed by atoms with Crippen molar-refractivity contribution in [3.8, 4) is 5.75 Å². The Labute approximate surface area is 118 Å². The molecule has 0 saturated heterocycles. The number of ether oxygens (including phenoxy) is 2. The first-order valence-corrected chi connectivity index (χ1v) is 6.81. The summed E-state index contributed by atoms with van der Waals surface area (Å²) >= 11 is 0. The summed E-state index contributed by atoms with van der Waals surface area (Å²) in [5.41, 5.74) is 5.78. The molecule has 1 heterocycles. The van der Waals surface area contributed by atoms with E-state index in [9.17, 15) is 9.18 Å². The van der Waals surface area contributed by atoms with Crippen molar-refractivity contribution in [2.75, 3.05) is 13.2 Å². The molecule has 20 heavy (non-hydrogen) atoms. The van der Waals surface area contributed by atoms with Crippen LogP contribution in [0.5, 0.6) is 5.75 Å². The zero-order valence-corrected chi connectivity index (χ0v) is 11.8. The summed E-state index contributed by atoms with van der Waals surface area (Å²) in [6, 6.07) is 4.46. The fourth-order valence-electron chi connectivity index (χ4n) is 2.46. The van der Waals surface area contributed by atoms with Crippen molar-refractivity contribution in [1.29, 1.82) is 0 Å². The molecule has 1 aromatic carbocycles. The molecule has 4 nitrogen and oxygen atoms in total. The summed E-state index contributed by atoms with van der Waals surface area (Å²) < 4.78 is 24.0. The zero-order valence-electron chi connectivity index (χ0n) is 11.8. The third-order valence-corrected chi connectivity index (χ3v) is 3.66. The maximum absolute atomic E-state index is 13.2. The number of nitrogens with two attached hydrogens (primary N) is 1. The van der Waals surface area contributed by atoms with E-state index in [1.807, 2.05) is 0 Å². The molecule has 0 aromatic heterocycles. The minimum atomic E-state index is -0.777. The molecular formula is C15H20FNO3. The number of esters is 1. The fraction of sp³-hybridized carbons (Fsp3) is 0.533. The highest BCUT2D eigenvalue weighted by Crippen LogP contribution is 2.35. The largest absolute Gasteiger partial charge is 0.490 e. The molecule has 2 N–H and O–H groups in total. The average Bonchev–Trinajstić information content (AvgIpc) is 2.79. The normalized spacial score (nSPS) is 19.9. The van der Waals surface area contributed by atoms with Gasteiger partial charge in [-0.05, 0) is 32.0 Å². The Morgan fingerprint density at radius 2 is 2.35 bits per heavy atom. The molecule has 0 radical (unpaired) electrons.